The van der Waals surface area contributed by atoms with Crippen molar-refractivity contribution in [2.75, 3.05) is 7.11 Å². The van der Waals surface area contributed by atoms with Gasteiger partial charge in [-0.15, -0.1) is 11.3 Å². The fourth-order valence-corrected chi connectivity index (χ4v) is 2.78. The Morgan fingerprint density at radius 3 is 2.95 bits per heavy atom. The third-order valence-electron chi connectivity index (χ3n) is 3.23. The predicted molar refractivity (Wildman–Crippen MR) is 84.1 cm³/mol. The summed E-state index contributed by atoms with van der Waals surface area (Å²) in [5.41, 5.74) is 0.489. The fraction of sp³-hybridized carbons (Fsp3) is 0.125. The topological polar surface area (TPSA) is 75.3 Å². The number of fused-ring (bicyclic) bond motifs is 1. The fourth-order valence-electron chi connectivity index (χ4n) is 2.14. The second-order valence-electron chi connectivity index (χ2n) is 4.63. The summed E-state index contributed by atoms with van der Waals surface area (Å²) in [6.45, 7) is 0.437. The smallest absolute Gasteiger partial charge is 0.257 e. The van der Waals surface area contributed by atoms with Gasteiger partial charge in [0.05, 0.1) is 13.7 Å². The van der Waals surface area contributed by atoms with E-state index in [1.807, 2.05) is 29.6 Å². The number of hydrogen-bond donors (Lipinski definition) is 2. The third kappa shape index (κ3) is 2.73. The Morgan fingerprint density at radius 2 is 2.23 bits per heavy atom. The minimum absolute atomic E-state index is 0.180. The van der Waals surface area contributed by atoms with E-state index in [2.05, 4.69) is 5.32 Å². The summed E-state index contributed by atoms with van der Waals surface area (Å²) in [6, 6.07) is 10.9. The van der Waals surface area contributed by atoms with E-state index in [4.69, 9.17) is 14.6 Å². The van der Waals surface area contributed by atoms with Crippen LogP contribution < -0.4 is 15.6 Å². The van der Waals surface area contributed by atoms with E-state index >= 15 is 0 Å². The van der Waals surface area contributed by atoms with E-state index in [-0.39, 0.29) is 17.0 Å². The molecule has 0 fully saturated rings. The van der Waals surface area contributed by atoms with Gasteiger partial charge in [0.15, 0.2) is 11.3 Å². The molecule has 1 amide bonds. The van der Waals surface area contributed by atoms with E-state index in [0.717, 1.165) is 10.3 Å². The number of carbonyl (C=O) groups is 1. The molecule has 2 aromatic heterocycles. The molecular weight excluding hydrogens is 300 g/mol. The van der Waals surface area contributed by atoms with E-state index in [1.165, 1.54) is 7.11 Å². The minimum atomic E-state index is -0.327. The largest absolute Gasteiger partial charge is 0.493 e. The third-order valence-corrected chi connectivity index (χ3v) is 4.10. The summed E-state index contributed by atoms with van der Waals surface area (Å²) in [6.07, 6.45) is 0. The average Bonchev–Trinajstić information content (AvgIpc) is 3.05. The molecule has 22 heavy (non-hydrogen) atoms. The van der Waals surface area contributed by atoms with Gasteiger partial charge in [-0.3, -0.25) is 10.2 Å². The van der Waals surface area contributed by atoms with E-state index in [0.29, 0.717) is 17.9 Å². The van der Waals surface area contributed by atoms with Crippen LogP contribution in [0.1, 0.15) is 15.2 Å². The highest BCUT2D eigenvalue weighted by atomic mass is 32.1. The van der Waals surface area contributed by atoms with Crippen LogP contribution in [0.2, 0.25) is 0 Å². The van der Waals surface area contributed by atoms with Crippen molar-refractivity contribution in [1.82, 2.24) is 5.32 Å². The number of methoxy groups -OCH3 is 1. The Bertz CT molecular complexity index is 869. The van der Waals surface area contributed by atoms with Gasteiger partial charge in [-0.2, -0.15) is 0 Å². The number of ether oxygens (including phenoxy) is 1. The first-order valence-electron chi connectivity index (χ1n) is 6.65. The van der Waals surface area contributed by atoms with Crippen LogP contribution in [0.4, 0.5) is 0 Å². The summed E-state index contributed by atoms with van der Waals surface area (Å²) in [5.74, 6) is 0.211. The van der Waals surface area contributed by atoms with Gasteiger partial charge in [0.25, 0.3) is 5.91 Å². The summed E-state index contributed by atoms with van der Waals surface area (Å²) in [4.78, 5) is 13.3. The summed E-state index contributed by atoms with van der Waals surface area (Å²) in [5, 5.41) is 13.4. The van der Waals surface area contributed by atoms with Crippen LogP contribution in [-0.2, 0) is 6.54 Å². The van der Waals surface area contributed by atoms with Crippen LogP contribution in [0.3, 0.4) is 0 Å². The molecule has 0 radical (unpaired) electrons. The van der Waals surface area contributed by atoms with E-state index in [9.17, 15) is 4.79 Å². The van der Waals surface area contributed by atoms with Crippen LogP contribution in [0.25, 0.3) is 11.0 Å². The van der Waals surface area contributed by atoms with Crippen LogP contribution in [0, 0.1) is 5.41 Å². The van der Waals surface area contributed by atoms with Gasteiger partial charge in [-0.25, -0.2) is 0 Å². The number of rotatable bonds is 4. The highest BCUT2D eigenvalue weighted by molar-refractivity contribution is 7.09. The van der Waals surface area contributed by atoms with Crippen molar-refractivity contribution in [3.05, 3.63) is 57.8 Å². The van der Waals surface area contributed by atoms with Crippen molar-refractivity contribution < 1.29 is 13.9 Å². The van der Waals surface area contributed by atoms with Crippen molar-refractivity contribution in [3.8, 4) is 5.75 Å². The van der Waals surface area contributed by atoms with Gasteiger partial charge in [-0.1, -0.05) is 18.2 Å². The molecule has 0 spiro atoms. The van der Waals surface area contributed by atoms with Crippen molar-refractivity contribution in [3.63, 3.8) is 0 Å². The molecule has 112 valence electrons. The molecule has 0 atom stereocenters. The van der Waals surface area contributed by atoms with Gasteiger partial charge in [0.2, 0.25) is 5.55 Å². The van der Waals surface area contributed by atoms with Crippen LogP contribution in [0.15, 0.2) is 46.2 Å². The summed E-state index contributed by atoms with van der Waals surface area (Å²) < 4.78 is 10.7. The Balaban J connectivity index is 1.92. The number of para-hydroxylation sites is 1. The van der Waals surface area contributed by atoms with Gasteiger partial charge < -0.3 is 14.5 Å². The molecule has 0 aliphatic carbocycles. The minimum Gasteiger partial charge on any atom is -0.493 e. The van der Waals surface area contributed by atoms with Gasteiger partial charge >= 0.3 is 0 Å². The Morgan fingerprint density at radius 1 is 1.36 bits per heavy atom. The van der Waals surface area contributed by atoms with E-state index in [1.54, 1.807) is 23.5 Å². The second kappa shape index (κ2) is 6.03. The number of nitrogens with one attached hydrogen (secondary N) is 2. The first-order valence-corrected chi connectivity index (χ1v) is 7.53. The molecule has 6 heteroatoms. The molecule has 5 nitrogen and oxygen atoms in total. The average molecular weight is 314 g/mol. The van der Waals surface area contributed by atoms with Crippen molar-refractivity contribution >= 4 is 28.2 Å². The number of amides is 1. The Labute approximate surface area is 130 Å². The highest BCUT2D eigenvalue weighted by Crippen LogP contribution is 2.24. The maximum absolute atomic E-state index is 12.2. The van der Waals surface area contributed by atoms with Crippen molar-refractivity contribution in [2.45, 2.75) is 6.54 Å². The summed E-state index contributed by atoms with van der Waals surface area (Å²) in [7, 11) is 1.54. The molecule has 0 saturated heterocycles. The standard InChI is InChI=1S/C16H14N2O3S/c1-20-13-6-2-4-10-8-12(15(17)21-14(10)13)16(19)18-9-11-5-3-7-22-11/h2-8,17H,9H2,1H3,(H,18,19). The lowest BCUT2D eigenvalue weighted by molar-refractivity contribution is 0.0947. The quantitative estimate of drug-likeness (QED) is 0.777. The summed E-state index contributed by atoms with van der Waals surface area (Å²) >= 11 is 1.57. The molecule has 0 bridgehead atoms. The van der Waals surface area contributed by atoms with E-state index < -0.39 is 0 Å². The van der Waals surface area contributed by atoms with Crippen LogP contribution in [-0.4, -0.2) is 13.0 Å². The second-order valence-corrected chi connectivity index (χ2v) is 5.66. The molecule has 0 saturated carbocycles. The number of carbonyl (C=O) groups excluding carboxylic acids is 1. The van der Waals surface area contributed by atoms with Crippen LogP contribution >= 0.6 is 11.3 Å². The van der Waals surface area contributed by atoms with Gasteiger partial charge in [0, 0.05) is 10.3 Å². The molecule has 2 heterocycles. The molecule has 2 N–H and O–H groups in total. The number of thiophene rings is 1. The molecule has 0 aliphatic rings. The maximum atomic E-state index is 12.2. The lowest BCUT2D eigenvalue weighted by Gasteiger charge is -2.07. The lowest BCUT2D eigenvalue weighted by atomic mass is 10.1. The maximum Gasteiger partial charge on any atom is 0.257 e. The SMILES string of the molecule is COc1cccc2cc(C(=O)NCc3cccs3)c(=N)oc12. The van der Waals surface area contributed by atoms with Crippen LogP contribution in [0.5, 0.6) is 5.75 Å². The molecular formula is C16H14N2O3S. The molecule has 3 aromatic rings. The normalized spacial score (nSPS) is 10.6. The first-order chi connectivity index (χ1) is 10.7. The Kier molecular flexibility index (Phi) is 3.93. The Hall–Kier alpha value is -2.60. The zero-order chi connectivity index (χ0) is 15.5. The zero-order valence-electron chi connectivity index (χ0n) is 11.9. The first kappa shape index (κ1) is 14.3. The highest BCUT2D eigenvalue weighted by Gasteiger charge is 2.13. The molecule has 0 unspecified atom stereocenters. The molecule has 3 rings (SSSR count). The van der Waals surface area contributed by atoms with Gasteiger partial charge in [-0.05, 0) is 23.6 Å². The predicted octanol–water partition coefficient (Wildman–Crippen LogP) is 2.91. The number of benzene rings is 1. The van der Waals surface area contributed by atoms with Crippen molar-refractivity contribution in [2.24, 2.45) is 0 Å². The number of hydrogen-bond acceptors (Lipinski definition) is 5. The molecule has 1 aromatic carbocycles. The lowest BCUT2D eigenvalue weighted by Crippen LogP contribution is -2.27. The van der Waals surface area contributed by atoms with Crippen molar-refractivity contribution in [1.29, 1.82) is 5.41 Å². The van der Waals surface area contributed by atoms with Gasteiger partial charge in [0.1, 0.15) is 5.56 Å². The monoisotopic (exact) mass is 314 g/mol. The molecule has 0 aliphatic heterocycles. The zero-order valence-corrected chi connectivity index (χ0v) is 12.7.